The number of esters is 1. The van der Waals surface area contributed by atoms with E-state index < -0.39 is 16.9 Å². The van der Waals surface area contributed by atoms with Crippen molar-refractivity contribution >= 4 is 28.5 Å². The van der Waals surface area contributed by atoms with E-state index in [-0.39, 0.29) is 24.9 Å². The number of carbonyl (C=O) groups is 2. The molecule has 0 spiro atoms. The van der Waals surface area contributed by atoms with Crippen molar-refractivity contribution in [2.75, 3.05) is 18.4 Å². The maximum atomic E-state index is 13.2. The number of likely N-dealkylation sites (tertiary alicyclic amines) is 1. The summed E-state index contributed by atoms with van der Waals surface area (Å²) in [4.78, 5) is 37.8. The first kappa shape index (κ1) is 24.8. The molecule has 1 saturated heterocycles. The first-order valence-electron chi connectivity index (χ1n) is 11.7. The second-order valence-corrected chi connectivity index (χ2v) is 8.66. The van der Waals surface area contributed by atoms with E-state index in [0.29, 0.717) is 30.7 Å². The molecule has 0 radical (unpaired) electrons. The molecule has 10 nitrogen and oxygen atoms in total. The average Bonchev–Trinajstić information content (AvgIpc) is 3.14. The van der Waals surface area contributed by atoms with Gasteiger partial charge in [-0.2, -0.15) is 0 Å². The van der Waals surface area contributed by atoms with E-state index in [1.807, 2.05) is 49.4 Å². The Morgan fingerprint density at radius 3 is 2.81 bits per heavy atom. The standard InChI is InChI=1S/C26H28N4O6/c1-18-13-20-14-21(10-11-23(20)36-18)27-24(15-30(33)34)28-22-9-5-6-12-29(26(22)32)16-25(31)35-17-19-7-3-2-4-8-19/h2-4,7-8,10-11,13-15,22,27-28H,5-6,9,12,16-17H2,1H3/b24-15+. The van der Waals surface area contributed by atoms with Crippen molar-refractivity contribution in [3.8, 4) is 0 Å². The van der Waals surface area contributed by atoms with Gasteiger partial charge in [-0.05, 0) is 56.0 Å². The summed E-state index contributed by atoms with van der Waals surface area (Å²) >= 11 is 0. The van der Waals surface area contributed by atoms with Crippen molar-refractivity contribution < 1.29 is 23.7 Å². The Hall–Kier alpha value is -4.34. The summed E-state index contributed by atoms with van der Waals surface area (Å²) in [5, 5.41) is 18.1. The third-order valence-corrected chi connectivity index (χ3v) is 5.83. The fraction of sp³-hybridized carbons (Fsp3) is 0.308. The minimum Gasteiger partial charge on any atom is -0.461 e. The van der Waals surface area contributed by atoms with E-state index in [1.165, 1.54) is 4.90 Å². The molecule has 3 aromatic rings. The van der Waals surface area contributed by atoms with Gasteiger partial charge in [0, 0.05) is 17.6 Å². The Bertz CT molecular complexity index is 1270. The number of furan rings is 1. The van der Waals surface area contributed by atoms with Gasteiger partial charge in [0.1, 0.15) is 30.5 Å². The average molecular weight is 493 g/mol. The van der Waals surface area contributed by atoms with Crippen LogP contribution in [-0.2, 0) is 20.9 Å². The number of hydrogen-bond donors (Lipinski definition) is 2. The highest BCUT2D eigenvalue weighted by atomic mass is 16.6. The zero-order chi connectivity index (χ0) is 25.5. The van der Waals surface area contributed by atoms with Crippen LogP contribution in [0.1, 0.15) is 30.6 Å². The Kier molecular flexibility index (Phi) is 7.84. The van der Waals surface area contributed by atoms with Gasteiger partial charge >= 0.3 is 5.97 Å². The zero-order valence-electron chi connectivity index (χ0n) is 19.9. The number of nitrogens with one attached hydrogen (secondary N) is 2. The summed E-state index contributed by atoms with van der Waals surface area (Å²) in [6.07, 6.45) is 2.71. The van der Waals surface area contributed by atoms with Crippen LogP contribution >= 0.6 is 0 Å². The second-order valence-electron chi connectivity index (χ2n) is 8.66. The van der Waals surface area contributed by atoms with Gasteiger partial charge in [0.05, 0.1) is 4.92 Å². The van der Waals surface area contributed by atoms with E-state index in [9.17, 15) is 19.7 Å². The van der Waals surface area contributed by atoms with Gasteiger partial charge in [-0.3, -0.25) is 19.7 Å². The summed E-state index contributed by atoms with van der Waals surface area (Å²) < 4.78 is 10.9. The third-order valence-electron chi connectivity index (χ3n) is 5.83. The predicted octanol–water partition coefficient (Wildman–Crippen LogP) is 3.94. The van der Waals surface area contributed by atoms with Crippen molar-refractivity contribution in [3.63, 3.8) is 0 Å². The van der Waals surface area contributed by atoms with Gasteiger partial charge in [0.15, 0.2) is 5.82 Å². The van der Waals surface area contributed by atoms with Crippen molar-refractivity contribution in [3.05, 3.63) is 88.1 Å². The monoisotopic (exact) mass is 492 g/mol. The van der Waals surface area contributed by atoms with E-state index in [1.54, 1.807) is 12.1 Å². The summed E-state index contributed by atoms with van der Waals surface area (Å²) in [5.41, 5.74) is 2.17. The maximum Gasteiger partial charge on any atom is 0.325 e. The van der Waals surface area contributed by atoms with Gasteiger partial charge in [0.2, 0.25) is 5.91 Å². The molecule has 1 atom stereocenters. The quantitative estimate of drug-likeness (QED) is 0.261. The van der Waals surface area contributed by atoms with Crippen LogP contribution in [0.4, 0.5) is 5.69 Å². The fourth-order valence-electron chi connectivity index (χ4n) is 4.14. The van der Waals surface area contributed by atoms with Gasteiger partial charge in [0.25, 0.3) is 6.20 Å². The largest absolute Gasteiger partial charge is 0.461 e. The summed E-state index contributed by atoms with van der Waals surface area (Å²) in [6.45, 7) is 2.20. The number of aryl methyl sites for hydroxylation is 1. The third kappa shape index (κ3) is 6.62. The molecule has 0 bridgehead atoms. The van der Waals surface area contributed by atoms with Crippen LogP contribution in [0.15, 0.2) is 71.0 Å². The number of fused-ring (bicyclic) bond motifs is 1. The fourth-order valence-corrected chi connectivity index (χ4v) is 4.14. The molecular formula is C26H28N4O6. The number of carbonyl (C=O) groups excluding carboxylic acids is 2. The first-order chi connectivity index (χ1) is 17.4. The molecule has 2 N–H and O–H groups in total. The normalized spacial score (nSPS) is 16.5. The van der Waals surface area contributed by atoms with E-state index in [2.05, 4.69) is 10.6 Å². The van der Waals surface area contributed by atoms with Crippen molar-refractivity contribution in [2.24, 2.45) is 0 Å². The molecule has 1 aromatic heterocycles. The van der Waals surface area contributed by atoms with Crippen LogP contribution in [0, 0.1) is 17.0 Å². The van der Waals surface area contributed by atoms with Crippen LogP contribution < -0.4 is 10.6 Å². The molecule has 36 heavy (non-hydrogen) atoms. The number of nitro groups is 1. The summed E-state index contributed by atoms with van der Waals surface area (Å²) in [6, 6.07) is 15.8. The van der Waals surface area contributed by atoms with Gasteiger partial charge in [-0.25, -0.2) is 0 Å². The van der Waals surface area contributed by atoms with Gasteiger partial charge in [-0.15, -0.1) is 0 Å². The lowest BCUT2D eigenvalue weighted by atomic mass is 10.1. The van der Waals surface area contributed by atoms with E-state index in [4.69, 9.17) is 9.15 Å². The second kappa shape index (κ2) is 11.4. The summed E-state index contributed by atoms with van der Waals surface area (Å²) in [5.74, 6) is 0.0241. The van der Waals surface area contributed by atoms with Crippen LogP contribution in [0.5, 0.6) is 0 Å². The van der Waals surface area contributed by atoms with Crippen LogP contribution in [0.3, 0.4) is 0 Å². The molecule has 10 heteroatoms. The number of amides is 1. The molecule has 1 unspecified atom stereocenters. The molecule has 188 valence electrons. The number of hydrogen-bond acceptors (Lipinski definition) is 8. The van der Waals surface area contributed by atoms with E-state index >= 15 is 0 Å². The number of ether oxygens (including phenoxy) is 1. The highest BCUT2D eigenvalue weighted by Crippen LogP contribution is 2.23. The number of rotatable bonds is 9. The first-order valence-corrected chi connectivity index (χ1v) is 11.7. The molecule has 4 rings (SSSR count). The Morgan fingerprint density at radius 2 is 2.03 bits per heavy atom. The molecule has 0 saturated carbocycles. The van der Waals surface area contributed by atoms with E-state index in [0.717, 1.165) is 29.3 Å². The van der Waals surface area contributed by atoms with Crippen molar-refractivity contribution in [1.29, 1.82) is 0 Å². The maximum absolute atomic E-state index is 13.2. The Balaban J connectivity index is 1.41. The lowest BCUT2D eigenvalue weighted by Crippen LogP contribution is -2.47. The number of nitrogens with zero attached hydrogens (tertiary/aromatic N) is 2. The minimum atomic E-state index is -0.729. The predicted molar refractivity (Wildman–Crippen MR) is 133 cm³/mol. The lowest BCUT2D eigenvalue weighted by molar-refractivity contribution is -0.403. The molecule has 1 aliphatic heterocycles. The number of benzene rings is 2. The summed E-state index contributed by atoms with van der Waals surface area (Å²) in [7, 11) is 0. The molecule has 0 aliphatic carbocycles. The highest BCUT2D eigenvalue weighted by molar-refractivity contribution is 5.86. The smallest absolute Gasteiger partial charge is 0.325 e. The topological polar surface area (TPSA) is 127 Å². The van der Waals surface area contributed by atoms with Crippen LogP contribution in [0.2, 0.25) is 0 Å². The SMILES string of the molecule is Cc1cc2cc(N/C(=C\[N+](=O)[O-])NC3CCCCN(CC(=O)OCc4ccccc4)C3=O)ccc2o1. The molecule has 1 aliphatic rings. The number of anilines is 1. The Morgan fingerprint density at radius 1 is 1.22 bits per heavy atom. The van der Waals surface area contributed by atoms with Gasteiger partial charge < -0.3 is 24.7 Å². The van der Waals surface area contributed by atoms with Crippen molar-refractivity contribution in [1.82, 2.24) is 10.2 Å². The van der Waals surface area contributed by atoms with Crippen LogP contribution in [-0.4, -0.2) is 40.8 Å². The zero-order valence-corrected chi connectivity index (χ0v) is 19.9. The Labute approximate surface area is 208 Å². The van der Waals surface area contributed by atoms with Crippen molar-refractivity contribution in [2.45, 2.75) is 38.8 Å². The molecule has 2 heterocycles. The molecule has 1 amide bonds. The molecular weight excluding hydrogens is 464 g/mol. The molecule has 1 fully saturated rings. The van der Waals surface area contributed by atoms with Crippen LogP contribution in [0.25, 0.3) is 11.0 Å². The molecule has 2 aromatic carbocycles. The lowest BCUT2D eigenvalue weighted by Gasteiger charge is -2.25. The van der Waals surface area contributed by atoms with Gasteiger partial charge in [-0.1, -0.05) is 30.3 Å². The minimum absolute atomic E-state index is 0.0754. The highest BCUT2D eigenvalue weighted by Gasteiger charge is 2.29.